The molecule has 35 heavy (non-hydrogen) atoms. The molecular formula is C27H31ClN4O3. The molecule has 8 heteroatoms. The second kappa shape index (κ2) is 9.38. The van der Waals surface area contributed by atoms with Crippen LogP contribution >= 0.6 is 11.6 Å². The van der Waals surface area contributed by atoms with Gasteiger partial charge in [-0.2, -0.15) is 0 Å². The lowest BCUT2D eigenvalue weighted by Gasteiger charge is -2.50. The van der Waals surface area contributed by atoms with E-state index in [-0.39, 0.29) is 17.8 Å². The molecule has 4 amide bonds. The van der Waals surface area contributed by atoms with Crippen LogP contribution in [0.4, 0.5) is 16.2 Å². The van der Waals surface area contributed by atoms with Gasteiger partial charge in [0.1, 0.15) is 12.2 Å². The van der Waals surface area contributed by atoms with E-state index < -0.39 is 17.8 Å². The van der Waals surface area contributed by atoms with Gasteiger partial charge in [-0.15, -0.1) is 0 Å². The van der Waals surface area contributed by atoms with Gasteiger partial charge < -0.3 is 15.5 Å². The average molecular weight is 495 g/mol. The largest absolute Gasteiger partial charge is 0.364 e. The van der Waals surface area contributed by atoms with Gasteiger partial charge in [-0.25, -0.2) is 9.69 Å². The van der Waals surface area contributed by atoms with E-state index in [2.05, 4.69) is 62.3 Å². The Bertz CT molecular complexity index is 1200. The minimum atomic E-state index is -0.619. The number of nitrogens with zero attached hydrogens (tertiary/aromatic N) is 2. The van der Waals surface area contributed by atoms with Crippen molar-refractivity contribution in [3.63, 3.8) is 0 Å². The number of nitrogens with one attached hydrogen (secondary N) is 2. The second-order valence-electron chi connectivity index (χ2n) is 10.1. The third-order valence-corrected chi connectivity index (χ3v) is 6.77. The smallest absolute Gasteiger partial charge is 0.329 e. The summed E-state index contributed by atoms with van der Waals surface area (Å²) in [6.07, 6.45) is 2.69. The fourth-order valence-corrected chi connectivity index (χ4v) is 5.42. The molecule has 2 heterocycles. The minimum Gasteiger partial charge on any atom is -0.364 e. The van der Waals surface area contributed by atoms with Crippen LogP contribution in [0.3, 0.4) is 0 Å². The molecule has 0 unspecified atom stereocenters. The van der Waals surface area contributed by atoms with Crippen molar-refractivity contribution < 1.29 is 14.4 Å². The summed E-state index contributed by atoms with van der Waals surface area (Å²) in [6, 6.07) is 12.5. The van der Waals surface area contributed by atoms with E-state index in [0.29, 0.717) is 22.7 Å². The Morgan fingerprint density at radius 1 is 1.20 bits per heavy atom. The Kier molecular flexibility index (Phi) is 6.64. The molecule has 1 saturated heterocycles. The number of hydrogen-bond acceptors (Lipinski definition) is 4. The highest BCUT2D eigenvalue weighted by atomic mass is 35.5. The van der Waals surface area contributed by atoms with Crippen molar-refractivity contribution in [1.29, 1.82) is 0 Å². The van der Waals surface area contributed by atoms with Crippen LogP contribution in [0.25, 0.3) is 6.08 Å². The van der Waals surface area contributed by atoms with Crippen molar-refractivity contribution in [1.82, 2.24) is 10.2 Å². The summed E-state index contributed by atoms with van der Waals surface area (Å²) in [4.78, 5) is 41.1. The van der Waals surface area contributed by atoms with Gasteiger partial charge in [0.15, 0.2) is 0 Å². The van der Waals surface area contributed by atoms with E-state index in [1.54, 1.807) is 30.3 Å². The van der Waals surface area contributed by atoms with Gasteiger partial charge in [-0.1, -0.05) is 24.6 Å². The number of urea groups is 1. The quantitative estimate of drug-likeness (QED) is 0.432. The number of rotatable bonds is 5. The summed E-state index contributed by atoms with van der Waals surface area (Å²) in [5.41, 5.74) is 3.98. The number of benzene rings is 2. The molecule has 4 rings (SSSR count). The molecule has 1 atom stereocenters. The minimum absolute atomic E-state index is 0.0447. The summed E-state index contributed by atoms with van der Waals surface area (Å²) in [5, 5.41) is 5.81. The highest BCUT2D eigenvalue weighted by molar-refractivity contribution is 6.30. The SMILES string of the molecule is CC(C)N1c2ccc(/C=C3\NC(=O)N(CC(=O)Nc4ccc(Cl)cc4)C3=O)cc2[C@H](C)CC1(C)C. The highest BCUT2D eigenvalue weighted by Crippen LogP contribution is 2.44. The van der Waals surface area contributed by atoms with Crippen LogP contribution in [-0.4, -0.2) is 40.9 Å². The van der Waals surface area contributed by atoms with Crippen LogP contribution in [0.1, 0.15) is 58.1 Å². The predicted octanol–water partition coefficient (Wildman–Crippen LogP) is 5.37. The fourth-order valence-electron chi connectivity index (χ4n) is 5.30. The number of amides is 4. The standard InChI is InChI=1S/C27H31ClN4O3/c1-16(2)32-23-11-6-18(12-21(23)17(3)14-27(32,4)5)13-22-25(34)31(26(35)30-22)15-24(33)29-20-9-7-19(28)8-10-20/h6-13,16-17H,14-15H2,1-5H3,(H,29,33)(H,30,35)/b22-13-/t17-/m1/s1. The van der Waals surface area contributed by atoms with Crippen LogP contribution in [0.15, 0.2) is 48.2 Å². The molecular weight excluding hydrogens is 464 g/mol. The molecule has 2 N–H and O–H groups in total. The van der Waals surface area contributed by atoms with E-state index in [1.807, 2.05) is 6.07 Å². The van der Waals surface area contributed by atoms with Crippen molar-refractivity contribution in [2.45, 2.75) is 58.5 Å². The molecule has 0 radical (unpaired) electrons. The molecule has 7 nitrogen and oxygen atoms in total. The lowest BCUT2D eigenvalue weighted by Crippen LogP contribution is -2.51. The molecule has 0 aliphatic carbocycles. The third kappa shape index (κ3) is 5.05. The number of halogens is 1. The summed E-state index contributed by atoms with van der Waals surface area (Å²) < 4.78 is 0. The first-order chi connectivity index (χ1) is 16.5. The van der Waals surface area contributed by atoms with Crippen molar-refractivity contribution in [3.8, 4) is 0 Å². The monoisotopic (exact) mass is 494 g/mol. The molecule has 0 bridgehead atoms. The number of imide groups is 1. The maximum Gasteiger partial charge on any atom is 0.329 e. The number of carbonyl (C=O) groups is 3. The second-order valence-corrected chi connectivity index (χ2v) is 10.6. The van der Waals surface area contributed by atoms with Crippen LogP contribution in [0.5, 0.6) is 0 Å². The van der Waals surface area contributed by atoms with E-state index >= 15 is 0 Å². The van der Waals surface area contributed by atoms with Crippen molar-refractivity contribution in [2.75, 3.05) is 16.8 Å². The van der Waals surface area contributed by atoms with Gasteiger partial charge in [0.2, 0.25) is 5.91 Å². The molecule has 1 fully saturated rings. The third-order valence-electron chi connectivity index (χ3n) is 6.52. The maximum atomic E-state index is 12.9. The number of carbonyl (C=O) groups excluding carboxylic acids is 3. The van der Waals surface area contributed by atoms with E-state index in [9.17, 15) is 14.4 Å². The van der Waals surface area contributed by atoms with Gasteiger partial charge >= 0.3 is 6.03 Å². The molecule has 2 aromatic rings. The number of hydrogen-bond donors (Lipinski definition) is 2. The molecule has 0 saturated carbocycles. The van der Waals surface area contributed by atoms with Crippen LogP contribution < -0.4 is 15.5 Å². The molecule has 0 aromatic heterocycles. The molecule has 184 valence electrons. The van der Waals surface area contributed by atoms with Crippen molar-refractivity contribution in [3.05, 3.63) is 64.3 Å². The zero-order valence-electron chi connectivity index (χ0n) is 20.7. The van der Waals surface area contributed by atoms with Gasteiger partial charge in [-0.3, -0.25) is 9.59 Å². The molecule has 2 aliphatic rings. The summed E-state index contributed by atoms with van der Waals surface area (Å²) in [5.74, 6) is -0.650. The van der Waals surface area contributed by atoms with Gasteiger partial charge in [-0.05, 0) is 93.6 Å². The normalized spacial score (nSPS) is 20.3. The Morgan fingerprint density at radius 2 is 1.89 bits per heavy atom. The number of fused-ring (bicyclic) bond motifs is 1. The maximum absolute atomic E-state index is 12.9. The summed E-state index contributed by atoms with van der Waals surface area (Å²) in [7, 11) is 0. The van der Waals surface area contributed by atoms with Crippen LogP contribution in [0, 0.1) is 0 Å². The molecule has 2 aliphatic heterocycles. The molecule has 0 spiro atoms. The lowest BCUT2D eigenvalue weighted by molar-refractivity contribution is -0.127. The van der Waals surface area contributed by atoms with E-state index in [0.717, 1.165) is 16.9 Å². The molecule has 2 aromatic carbocycles. The highest BCUT2D eigenvalue weighted by Gasteiger charge is 2.38. The Labute approximate surface area is 211 Å². The Balaban J connectivity index is 1.52. The lowest BCUT2D eigenvalue weighted by atomic mass is 9.79. The van der Waals surface area contributed by atoms with Crippen molar-refractivity contribution in [2.24, 2.45) is 0 Å². The number of anilines is 2. The van der Waals surface area contributed by atoms with Gasteiger partial charge in [0.25, 0.3) is 5.91 Å². The van der Waals surface area contributed by atoms with Crippen LogP contribution in [-0.2, 0) is 9.59 Å². The van der Waals surface area contributed by atoms with Crippen molar-refractivity contribution >= 4 is 46.9 Å². The zero-order valence-corrected chi connectivity index (χ0v) is 21.4. The summed E-state index contributed by atoms with van der Waals surface area (Å²) >= 11 is 5.86. The van der Waals surface area contributed by atoms with E-state index in [4.69, 9.17) is 11.6 Å². The Hall–Kier alpha value is -3.32. The first-order valence-electron chi connectivity index (χ1n) is 11.8. The first kappa shape index (κ1) is 24.8. The predicted molar refractivity (Wildman–Crippen MR) is 139 cm³/mol. The average Bonchev–Trinajstić information content (AvgIpc) is 3.02. The van der Waals surface area contributed by atoms with Crippen LogP contribution in [0.2, 0.25) is 5.02 Å². The topological polar surface area (TPSA) is 81.8 Å². The van der Waals surface area contributed by atoms with E-state index in [1.165, 1.54) is 11.3 Å². The van der Waals surface area contributed by atoms with Gasteiger partial charge in [0, 0.05) is 28.0 Å². The summed E-state index contributed by atoms with van der Waals surface area (Å²) in [6.45, 7) is 10.8. The zero-order chi connectivity index (χ0) is 25.5. The first-order valence-corrected chi connectivity index (χ1v) is 12.2. The van der Waals surface area contributed by atoms with Gasteiger partial charge in [0.05, 0.1) is 0 Å². The Morgan fingerprint density at radius 3 is 2.54 bits per heavy atom. The fraction of sp³-hybridized carbons (Fsp3) is 0.370.